The summed E-state index contributed by atoms with van der Waals surface area (Å²) < 4.78 is 5.93. The highest BCUT2D eigenvalue weighted by molar-refractivity contribution is 5.92. The highest BCUT2D eigenvalue weighted by atomic mass is 16.5. The molecule has 2 rings (SSSR count). The second-order valence-corrected chi connectivity index (χ2v) is 5.44. The molecule has 1 aromatic rings. The molecule has 5 nitrogen and oxygen atoms in total. The highest BCUT2D eigenvalue weighted by Gasteiger charge is 2.16. The first-order valence-electron chi connectivity index (χ1n) is 7.70. The van der Waals surface area contributed by atoms with Crippen molar-refractivity contribution in [2.45, 2.75) is 31.8 Å². The van der Waals surface area contributed by atoms with E-state index >= 15 is 0 Å². The summed E-state index contributed by atoms with van der Waals surface area (Å²) in [7, 11) is 0. The molecule has 1 amide bonds. The van der Waals surface area contributed by atoms with E-state index in [0.717, 1.165) is 24.2 Å². The first kappa shape index (κ1) is 16.6. The SMILES string of the molecule is N#CCN(CC#N)C(=O)C=Cc1cccc(OC2CCCC2)c1. The number of amides is 1. The maximum Gasteiger partial charge on any atom is 0.248 e. The Morgan fingerprint density at radius 2 is 1.96 bits per heavy atom. The molecule has 1 aromatic carbocycles. The van der Waals surface area contributed by atoms with Crippen LogP contribution in [0.3, 0.4) is 0 Å². The Labute approximate surface area is 136 Å². The molecule has 0 heterocycles. The van der Waals surface area contributed by atoms with Crippen molar-refractivity contribution >= 4 is 12.0 Å². The molecule has 0 radical (unpaired) electrons. The van der Waals surface area contributed by atoms with Crippen molar-refractivity contribution < 1.29 is 9.53 Å². The van der Waals surface area contributed by atoms with Gasteiger partial charge in [-0.05, 0) is 49.5 Å². The van der Waals surface area contributed by atoms with Crippen molar-refractivity contribution in [2.75, 3.05) is 13.1 Å². The molecule has 0 spiro atoms. The van der Waals surface area contributed by atoms with Gasteiger partial charge in [0.2, 0.25) is 5.91 Å². The van der Waals surface area contributed by atoms with Gasteiger partial charge in [0.1, 0.15) is 18.8 Å². The summed E-state index contributed by atoms with van der Waals surface area (Å²) in [5, 5.41) is 17.4. The van der Waals surface area contributed by atoms with Gasteiger partial charge < -0.3 is 9.64 Å². The monoisotopic (exact) mass is 309 g/mol. The Bertz CT molecular complexity index is 633. The topological polar surface area (TPSA) is 77.1 Å². The number of ether oxygens (including phenoxy) is 1. The third kappa shape index (κ3) is 5.16. The van der Waals surface area contributed by atoms with Gasteiger partial charge in [0.25, 0.3) is 0 Å². The van der Waals surface area contributed by atoms with Gasteiger partial charge in [0.05, 0.1) is 18.2 Å². The quantitative estimate of drug-likeness (QED) is 0.598. The number of benzene rings is 1. The van der Waals surface area contributed by atoms with Crippen LogP contribution in [-0.2, 0) is 4.79 Å². The Morgan fingerprint density at radius 1 is 1.26 bits per heavy atom. The van der Waals surface area contributed by atoms with E-state index in [1.807, 2.05) is 36.4 Å². The predicted octanol–water partition coefficient (Wildman–Crippen LogP) is 2.90. The highest BCUT2D eigenvalue weighted by Crippen LogP contribution is 2.24. The molecule has 0 aromatic heterocycles. The molecule has 0 saturated heterocycles. The molecule has 0 aliphatic heterocycles. The first-order valence-corrected chi connectivity index (χ1v) is 7.70. The average molecular weight is 309 g/mol. The lowest BCUT2D eigenvalue weighted by Crippen LogP contribution is -2.30. The molecule has 0 bridgehead atoms. The van der Waals surface area contributed by atoms with Gasteiger partial charge in [-0.3, -0.25) is 4.79 Å². The Morgan fingerprint density at radius 3 is 2.61 bits per heavy atom. The zero-order valence-corrected chi connectivity index (χ0v) is 12.9. The van der Waals surface area contributed by atoms with Gasteiger partial charge in [-0.25, -0.2) is 0 Å². The van der Waals surface area contributed by atoms with Crippen LogP contribution in [0.5, 0.6) is 5.75 Å². The average Bonchev–Trinajstić information content (AvgIpc) is 3.06. The number of hydrogen-bond acceptors (Lipinski definition) is 4. The molecule has 1 saturated carbocycles. The van der Waals surface area contributed by atoms with Gasteiger partial charge in [0, 0.05) is 6.08 Å². The van der Waals surface area contributed by atoms with Gasteiger partial charge in [-0.15, -0.1) is 0 Å². The minimum Gasteiger partial charge on any atom is -0.490 e. The summed E-state index contributed by atoms with van der Waals surface area (Å²) in [6.45, 7) is -0.191. The summed E-state index contributed by atoms with van der Waals surface area (Å²) in [4.78, 5) is 13.2. The summed E-state index contributed by atoms with van der Waals surface area (Å²) in [5.74, 6) is 0.451. The van der Waals surface area contributed by atoms with Crippen LogP contribution in [0.2, 0.25) is 0 Å². The van der Waals surface area contributed by atoms with Crippen molar-refractivity contribution in [3.05, 3.63) is 35.9 Å². The lowest BCUT2D eigenvalue weighted by Gasteiger charge is -2.14. The number of hydrogen-bond donors (Lipinski definition) is 0. The van der Waals surface area contributed by atoms with Crippen molar-refractivity contribution in [3.63, 3.8) is 0 Å². The molecule has 1 aliphatic rings. The van der Waals surface area contributed by atoms with Crippen molar-refractivity contribution in [3.8, 4) is 17.9 Å². The zero-order valence-electron chi connectivity index (χ0n) is 12.9. The maximum absolute atomic E-state index is 12.0. The molecular weight excluding hydrogens is 290 g/mol. The van der Waals surface area contributed by atoms with Crippen molar-refractivity contribution in [1.82, 2.24) is 4.90 Å². The van der Waals surface area contributed by atoms with E-state index in [0.29, 0.717) is 0 Å². The van der Waals surface area contributed by atoms with Crippen LogP contribution in [0.15, 0.2) is 30.3 Å². The Balaban J connectivity index is 1.99. The van der Waals surface area contributed by atoms with Crippen LogP contribution in [0.25, 0.3) is 6.08 Å². The molecule has 23 heavy (non-hydrogen) atoms. The van der Waals surface area contributed by atoms with Gasteiger partial charge in [-0.1, -0.05) is 12.1 Å². The van der Waals surface area contributed by atoms with Crippen LogP contribution in [0.4, 0.5) is 0 Å². The minimum absolute atomic E-state index is 0.0957. The van der Waals surface area contributed by atoms with Gasteiger partial charge >= 0.3 is 0 Å². The van der Waals surface area contributed by atoms with Crippen LogP contribution in [0, 0.1) is 22.7 Å². The van der Waals surface area contributed by atoms with E-state index < -0.39 is 0 Å². The largest absolute Gasteiger partial charge is 0.490 e. The molecule has 118 valence electrons. The van der Waals surface area contributed by atoms with Crippen LogP contribution >= 0.6 is 0 Å². The second-order valence-electron chi connectivity index (χ2n) is 5.44. The normalized spacial score (nSPS) is 14.3. The molecule has 1 aliphatic carbocycles. The summed E-state index contributed by atoms with van der Waals surface area (Å²) in [6, 6.07) is 11.3. The second kappa shape index (κ2) is 8.60. The Kier molecular flexibility index (Phi) is 6.20. The van der Waals surface area contributed by atoms with E-state index in [-0.39, 0.29) is 25.1 Å². The number of nitriles is 2. The number of carbonyl (C=O) groups is 1. The fraction of sp³-hybridized carbons (Fsp3) is 0.389. The lowest BCUT2D eigenvalue weighted by atomic mass is 10.2. The standard InChI is InChI=1S/C18H19N3O2/c19-10-12-21(13-11-20)18(22)9-8-15-4-3-7-17(14-15)23-16-5-1-2-6-16/h3-4,7-9,14,16H,1-2,5-6,12-13H2. The fourth-order valence-corrected chi connectivity index (χ4v) is 2.55. The number of rotatable bonds is 6. The molecule has 1 fully saturated rings. The predicted molar refractivity (Wildman–Crippen MR) is 86.2 cm³/mol. The lowest BCUT2D eigenvalue weighted by molar-refractivity contribution is -0.124. The summed E-state index contributed by atoms with van der Waals surface area (Å²) >= 11 is 0. The smallest absolute Gasteiger partial charge is 0.248 e. The van der Waals surface area contributed by atoms with E-state index in [1.165, 1.54) is 23.8 Å². The molecule has 5 heteroatoms. The third-order valence-corrected chi connectivity index (χ3v) is 3.72. The molecular formula is C18H19N3O2. The third-order valence-electron chi connectivity index (χ3n) is 3.72. The van der Waals surface area contributed by atoms with Crippen molar-refractivity contribution in [1.29, 1.82) is 10.5 Å². The molecule has 0 N–H and O–H groups in total. The number of carbonyl (C=O) groups excluding carboxylic acids is 1. The summed E-state index contributed by atoms with van der Waals surface area (Å²) in [5.41, 5.74) is 0.850. The number of nitrogens with zero attached hydrogens (tertiary/aromatic N) is 3. The molecule has 0 atom stereocenters. The van der Waals surface area contributed by atoms with E-state index in [2.05, 4.69) is 0 Å². The maximum atomic E-state index is 12.0. The van der Waals surface area contributed by atoms with E-state index in [4.69, 9.17) is 15.3 Å². The van der Waals surface area contributed by atoms with E-state index in [9.17, 15) is 4.79 Å². The Hall–Kier alpha value is -2.79. The van der Waals surface area contributed by atoms with Gasteiger partial charge in [-0.2, -0.15) is 10.5 Å². The zero-order chi connectivity index (χ0) is 16.5. The van der Waals surface area contributed by atoms with Gasteiger partial charge in [0.15, 0.2) is 0 Å². The van der Waals surface area contributed by atoms with E-state index in [1.54, 1.807) is 6.08 Å². The fourth-order valence-electron chi connectivity index (χ4n) is 2.55. The van der Waals surface area contributed by atoms with Crippen LogP contribution in [0.1, 0.15) is 31.2 Å². The van der Waals surface area contributed by atoms with Crippen LogP contribution < -0.4 is 4.74 Å². The summed E-state index contributed by atoms with van der Waals surface area (Å²) in [6.07, 6.45) is 7.96. The molecule has 0 unspecified atom stereocenters. The van der Waals surface area contributed by atoms with Crippen LogP contribution in [-0.4, -0.2) is 30.0 Å². The first-order chi connectivity index (χ1) is 11.2. The van der Waals surface area contributed by atoms with Crippen molar-refractivity contribution in [2.24, 2.45) is 0 Å². The minimum atomic E-state index is -0.352.